The number of carboxylic acids is 3. The molecule has 116 valence electrons. The molecule has 0 aliphatic rings. The first-order valence-corrected chi connectivity index (χ1v) is 5.16. The van der Waals surface area contributed by atoms with E-state index in [-0.39, 0.29) is 95.3 Å². The van der Waals surface area contributed by atoms with Crippen molar-refractivity contribution in [3.63, 3.8) is 0 Å². The van der Waals surface area contributed by atoms with Gasteiger partial charge in [0.15, 0.2) is 0 Å². The van der Waals surface area contributed by atoms with E-state index < -0.39 is 17.9 Å². The predicted molar refractivity (Wildman–Crippen MR) is 61.1 cm³/mol. The molecule has 4 N–H and O–H groups in total. The van der Waals surface area contributed by atoms with Crippen LogP contribution in [0.2, 0.25) is 0 Å². The van der Waals surface area contributed by atoms with Crippen LogP contribution in [0.4, 0.5) is 0 Å². The molecule has 9 nitrogen and oxygen atoms in total. The molecular formula is C10H21N2Na3O7. The molecule has 0 radical (unpaired) electrons. The number of hydrogen-bond acceptors (Lipinski definition) is 9. The van der Waals surface area contributed by atoms with Crippen LogP contribution in [0.5, 0.6) is 0 Å². The van der Waals surface area contributed by atoms with Crippen molar-refractivity contribution in [2.75, 3.05) is 26.2 Å². The van der Waals surface area contributed by atoms with Crippen molar-refractivity contribution in [1.29, 1.82) is 0 Å². The first kappa shape index (κ1) is 43.6. The van der Waals surface area contributed by atoms with Gasteiger partial charge in [-0.1, -0.05) is 0 Å². The van der Waals surface area contributed by atoms with E-state index in [0.29, 0.717) is 13.1 Å². The molecule has 0 bridgehead atoms. The van der Waals surface area contributed by atoms with Gasteiger partial charge in [0.05, 0.1) is 6.61 Å². The molecule has 0 unspecified atom stereocenters. The Morgan fingerprint density at radius 2 is 1.09 bits per heavy atom. The maximum atomic E-state index is 8.89. The topological polar surface area (TPSA) is 179 Å². The standard InChI is InChI=1S/C4H12N2O.3C2H4O2.3Na/c5-1-2-6-3-4-7;3*1-2(3)4;;;/h6-7H,1-5H2;3*1H3,(H,3,4);;;/q;;;;3*+1/p-3. The molecule has 0 heterocycles. The second kappa shape index (κ2) is 43.2. The van der Waals surface area contributed by atoms with Crippen LogP contribution in [0.3, 0.4) is 0 Å². The van der Waals surface area contributed by atoms with E-state index >= 15 is 0 Å². The Bertz CT molecular complexity index is 190. The van der Waals surface area contributed by atoms with Gasteiger partial charge in [0.1, 0.15) is 0 Å². The normalized spacial score (nSPS) is 6.41. The molecule has 0 amide bonds. The number of aliphatic hydroxyl groups is 1. The smallest absolute Gasteiger partial charge is 0.550 e. The van der Waals surface area contributed by atoms with Crippen molar-refractivity contribution in [2.45, 2.75) is 20.8 Å². The fraction of sp³-hybridized carbons (Fsp3) is 0.700. The van der Waals surface area contributed by atoms with Gasteiger partial charge < -0.3 is 45.9 Å². The molecule has 0 aromatic carbocycles. The van der Waals surface area contributed by atoms with E-state index in [1.54, 1.807) is 0 Å². The van der Waals surface area contributed by atoms with Gasteiger partial charge in [0.25, 0.3) is 0 Å². The summed E-state index contributed by atoms with van der Waals surface area (Å²) in [6.07, 6.45) is 0. The monoisotopic (exact) mass is 350 g/mol. The van der Waals surface area contributed by atoms with Crippen molar-refractivity contribution < 1.29 is 123 Å². The molecule has 22 heavy (non-hydrogen) atoms. The number of carbonyl (C=O) groups excluding carboxylic acids is 3. The Balaban J connectivity index is -0.0000000270. The number of nitrogens with two attached hydrogens (primary N) is 1. The summed E-state index contributed by atoms with van der Waals surface area (Å²) in [5.74, 6) is -3.25. The molecule has 0 fully saturated rings. The van der Waals surface area contributed by atoms with Crippen LogP contribution in [0.1, 0.15) is 20.8 Å². The number of carboxylic acid groups (broad SMARTS) is 3. The molecule has 0 saturated carbocycles. The maximum absolute atomic E-state index is 8.89. The molecule has 0 atom stereocenters. The van der Waals surface area contributed by atoms with E-state index in [1.165, 1.54) is 0 Å². The molecule has 12 heteroatoms. The van der Waals surface area contributed by atoms with Crippen LogP contribution < -0.4 is 115 Å². The van der Waals surface area contributed by atoms with E-state index in [2.05, 4.69) is 5.32 Å². The van der Waals surface area contributed by atoms with Gasteiger partial charge >= 0.3 is 88.7 Å². The number of carbonyl (C=O) groups is 3. The fourth-order valence-corrected chi connectivity index (χ4v) is 0.306. The molecular weight excluding hydrogens is 329 g/mol. The van der Waals surface area contributed by atoms with Crippen molar-refractivity contribution in [2.24, 2.45) is 5.73 Å². The van der Waals surface area contributed by atoms with Crippen LogP contribution in [0.25, 0.3) is 0 Å². The van der Waals surface area contributed by atoms with Crippen LogP contribution in [-0.2, 0) is 14.4 Å². The summed E-state index contributed by atoms with van der Waals surface area (Å²) in [4.78, 5) is 26.7. The fourth-order valence-electron chi connectivity index (χ4n) is 0.306. The largest absolute Gasteiger partial charge is 1.00 e. The number of nitrogens with one attached hydrogen (secondary N) is 1. The summed E-state index contributed by atoms with van der Waals surface area (Å²) >= 11 is 0. The third kappa shape index (κ3) is 313. The summed E-state index contributed by atoms with van der Waals surface area (Å²) in [5.41, 5.74) is 5.13. The summed E-state index contributed by atoms with van der Waals surface area (Å²) in [5, 5.41) is 37.8. The Morgan fingerprint density at radius 1 is 0.864 bits per heavy atom. The average molecular weight is 350 g/mol. The third-order valence-electron chi connectivity index (χ3n) is 0.610. The number of aliphatic carboxylic acids is 3. The van der Waals surface area contributed by atoms with E-state index in [1.807, 2.05) is 0 Å². The summed E-state index contributed by atoms with van der Waals surface area (Å²) in [6.45, 7) is 5.19. The second-order valence-corrected chi connectivity index (χ2v) is 2.74. The maximum Gasteiger partial charge on any atom is 1.00 e. The first-order chi connectivity index (χ1) is 8.61. The zero-order valence-electron chi connectivity index (χ0n) is 14.3. The van der Waals surface area contributed by atoms with Gasteiger partial charge in [0.2, 0.25) is 0 Å². The molecule has 0 rings (SSSR count). The van der Waals surface area contributed by atoms with Crippen molar-refractivity contribution >= 4 is 17.9 Å². The minimum absolute atomic E-state index is 0. The van der Waals surface area contributed by atoms with Gasteiger partial charge in [0, 0.05) is 37.5 Å². The van der Waals surface area contributed by atoms with E-state index in [9.17, 15) is 0 Å². The van der Waals surface area contributed by atoms with Gasteiger partial charge in [-0.15, -0.1) is 0 Å². The van der Waals surface area contributed by atoms with Gasteiger partial charge in [-0.2, -0.15) is 0 Å². The second-order valence-electron chi connectivity index (χ2n) is 2.74. The van der Waals surface area contributed by atoms with Crippen molar-refractivity contribution in [3.05, 3.63) is 0 Å². The average Bonchev–Trinajstić information content (AvgIpc) is 2.15. The van der Waals surface area contributed by atoms with Crippen LogP contribution >= 0.6 is 0 Å². The molecule has 0 aromatic rings. The molecule has 0 aliphatic heterocycles. The van der Waals surface area contributed by atoms with Gasteiger partial charge in [-0.3, -0.25) is 0 Å². The van der Waals surface area contributed by atoms with Crippen LogP contribution in [0.15, 0.2) is 0 Å². The summed E-state index contributed by atoms with van der Waals surface area (Å²) in [6, 6.07) is 0. The van der Waals surface area contributed by atoms with Crippen LogP contribution in [-0.4, -0.2) is 49.3 Å². The Labute approximate surface area is 197 Å². The third-order valence-corrected chi connectivity index (χ3v) is 0.610. The summed E-state index contributed by atoms with van der Waals surface area (Å²) < 4.78 is 0. The predicted octanol–water partition coefficient (Wildman–Crippen LogP) is -14.2. The van der Waals surface area contributed by atoms with E-state index in [4.69, 9.17) is 40.5 Å². The van der Waals surface area contributed by atoms with Gasteiger partial charge in [-0.25, -0.2) is 0 Å². The SMILES string of the molecule is CC(=O)[O-].CC(=O)[O-].CC(=O)[O-].NCCNCCO.[Na+].[Na+].[Na+]. The Kier molecular flexibility index (Phi) is 85.7. The van der Waals surface area contributed by atoms with Crippen molar-refractivity contribution in [1.82, 2.24) is 5.32 Å². The number of hydrogen-bond donors (Lipinski definition) is 3. The van der Waals surface area contributed by atoms with E-state index in [0.717, 1.165) is 27.3 Å². The van der Waals surface area contributed by atoms with Crippen LogP contribution in [0, 0.1) is 0 Å². The minimum Gasteiger partial charge on any atom is -0.550 e. The zero-order chi connectivity index (χ0) is 16.3. The quantitative estimate of drug-likeness (QED) is 0.328. The Morgan fingerprint density at radius 3 is 1.23 bits per heavy atom. The zero-order valence-corrected chi connectivity index (χ0v) is 20.3. The minimum atomic E-state index is -1.08. The van der Waals surface area contributed by atoms with Crippen molar-refractivity contribution in [3.8, 4) is 0 Å². The Hall–Kier alpha value is 1.29. The molecule has 0 aromatic heterocycles. The molecule has 0 aliphatic carbocycles. The first-order valence-electron chi connectivity index (χ1n) is 5.16. The van der Waals surface area contributed by atoms with Gasteiger partial charge in [-0.05, 0) is 20.8 Å². The number of rotatable bonds is 4. The molecule has 0 spiro atoms. The summed E-state index contributed by atoms with van der Waals surface area (Å²) in [7, 11) is 0. The number of aliphatic hydroxyl groups excluding tert-OH is 1. The molecule has 0 saturated heterocycles.